The summed E-state index contributed by atoms with van der Waals surface area (Å²) in [6.45, 7) is 1.56. The van der Waals surface area contributed by atoms with E-state index in [2.05, 4.69) is 38.3 Å². The zero-order valence-corrected chi connectivity index (χ0v) is 13.2. The Kier molecular flexibility index (Phi) is 5.15. The Balaban J connectivity index is 2.19. The van der Waals surface area contributed by atoms with Crippen LogP contribution in [0.15, 0.2) is 46.9 Å². The van der Waals surface area contributed by atoms with Gasteiger partial charge in [-0.3, -0.25) is 0 Å². The summed E-state index contributed by atoms with van der Waals surface area (Å²) in [5.74, 6) is -0.198. The van der Waals surface area contributed by atoms with Crippen molar-refractivity contribution in [3.63, 3.8) is 0 Å². The van der Waals surface area contributed by atoms with Crippen LogP contribution in [0.3, 0.4) is 0 Å². The van der Waals surface area contributed by atoms with Gasteiger partial charge in [0.2, 0.25) is 0 Å². The van der Waals surface area contributed by atoms with Gasteiger partial charge in [0, 0.05) is 30.3 Å². The van der Waals surface area contributed by atoms with Crippen LogP contribution < -0.4 is 10.2 Å². The zero-order valence-electron chi connectivity index (χ0n) is 11.7. The van der Waals surface area contributed by atoms with Crippen LogP contribution in [0.1, 0.15) is 11.1 Å². The van der Waals surface area contributed by atoms with E-state index in [9.17, 15) is 4.39 Å². The predicted octanol–water partition coefficient (Wildman–Crippen LogP) is 3.94. The molecule has 0 saturated heterocycles. The van der Waals surface area contributed by atoms with Gasteiger partial charge in [-0.05, 0) is 48.5 Å². The van der Waals surface area contributed by atoms with E-state index < -0.39 is 0 Å². The molecule has 0 heterocycles. The fraction of sp³-hybridized carbons (Fsp3) is 0.250. The second-order valence-electron chi connectivity index (χ2n) is 4.79. The Morgan fingerprint density at radius 3 is 2.50 bits per heavy atom. The van der Waals surface area contributed by atoms with E-state index in [1.165, 1.54) is 23.4 Å². The summed E-state index contributed by atoms with van der Waals surface area (Å²) in [5, 5.41) is 3.18. The van der Waals surface area contributed by atoms with Crippen LogP contribution in [0.2, 0.25) is 0 Å². The van der Waals surface area contributed by atoms with Crippen molar-refractivity contribution in [1.29, 1.82) is 0 Å². The molecule has 0 aliphatic heterocycles. The van der Waals surface area contributed by atoms with E-state index in [4.69, 9.17) is 0 Å². The largest absolute Gasteiger partial charge is 0.370 e. The average molecular weight is 337 g/mol. The van der Waals surface area contributed by atoms with Gasteiger partial charge in [-0.25, -0.2) is 4.39 Å². The van der Waals surface area contributed by atoms with Gasteiger partial charge in [0.25, 0.3) is 0 Å². The van der Waals surface area contributed by atoms with E-state index in [1.54, 1.807) is 0 Å². The fourth-order valence-electron chi connectivity index (χ4n) is 2.21. The minimum Gasteiger partial charge on any atom is -0.370 e. The minimum atomic E-state index is -0.198. The molecule has 0 radical (unpaired) electrons. The van der Waals surface area contributed by atoms with E-state index >= 15 is 0 Å². The minimum absolute atomic E-state index is 0.198. The van der Waals surface area contributed by atoms with E-state index in [-0.39, 0.29) is 5.82 Å². The summed E-state index contributed by atoms with van der Waals surface area (Å²) in [7, 11) is 3.98. The molecule has 0 atom stereocenters. The molecule has 106 valence electrons. The van der Waals surface area contributed by atoms with Crippen LogP contribution in [-0.2, 0) is 13.1 Å². The molecule has 2 nitrogen and oxygen atoms in total. The predicted molar refractivity (Wildman–Crippen MR) is 85.4 cm³/mol. The first kappa shape index (κ1) is 15.0. The summed E-state index contributed by atoms with van der Waals surface area (Å²) in [5.41, 5.74) is 3.49. The molecule has 2 aromatic carbocycles. The Hall–Kier alpha value is -1.39. The first-order valence-corrected chi connectivity index (χ1v) is 7.28. The molecule has 2 rings (SSSR count). The number of anilines is 1. The molecule has 0 aliphatic carbocycles. The summed E-state index contributed by atoms with van der Waals surface area (Å²) < 4.78 is 14.0. The maximum Gasteiger partial charge on any atom is 0.123 e. The smallest absolute Gasteiger partial charge is 0.123 e. The summed E-state index contributed by atoms with van der Waals surface area (Å²) in [6.07, 6.45) is 0. The number of nitrogens with one attached hydrogen (secondary N) is 1. The first-order chi connectivity index (χ1) is 9.60. The Labute approximate surface area is 127 Å². The third-order valence-electron chi connectivity index (χ3n) is 3.15. The zero-order chi connectivity index (χ0) is 14.5. The van der Waals surface area contributed by atoms with Crippen LogP contribution >= 0.6 is 15.9 Å². The fourth-order valence-corrected chi connectivity index (χ4v) is 2.62. The Morgan fingerprint density at radius 1 is 1.15 bits per heavy atom. The summed E-state index contributed by atoms with van der Waals surface area (Å²) in [4.78, 5) is 2.17. The normalized spacial score (nSPS) is 10.6. The first-order valence-electron chi connectivity index (χ1n) is 6.49. The molecule has 20 heavy (non-hydrogen) atoms. The number of benzene rings is 2. The molecule has 0 aliphatic rings. The molecule has 0 aromatic heterocycles. The monoisotopic (exact) mass is 336 g/mol. The van der Waals surface area contributed by atoms with Crippen molar-refractivity contribution in [2.24, 2.45) is 0 Å². The second-order valence-corrected chi connectivity index (χ2v) is 5.70. The average Bonchev–Trinajstić information content (AvgIpc) is 2.42. The lowest BCUT2D eigenvalue weighted by atomic mass is 10.1. The van der Waals surface area contributed by atoms with Crippen molar-refractivity contribution in [1.82, 2.24) is 5.32 Å². The highest BCUT2D eigenvalue weighted by Gasteiger charge is 2.08. The topological polar surface area (TPSA) is 15.3 Å². The molecule has 0 bridgehead atoms. The molecule has 2 aromatic rings. The van der Waals surface area contributed by atoms with Crippen molar-refractivity contribution < 1.29 is 4.39 Å². The maximum absolute atomic E-state index is 12.9. The molecule has 0 spiro atoms. The number of halogens is 2. The van der Waals surface area contributed by atoms with Crippen molar-refractivity contribution in [3.8, 4) is 0 Å². The lowest BCUT2D eigenvalue weighted by Crippen LogP contribution is -2.19. The van der Waals surface area contributed by atoms with Crippen LogP contribution in [0.5, 0.6) is 0 Å². The summed E-state index contributed by atoms with van der Waals surface area (Å²) in [6, 6.07) is 12.9. The molecule has 4 heteroatoms. The quantitative estimate of drug-likeness (QED) is 0.889. The van der Waals surface area contributed by atoms with Crippen molar-refractivity contribution in [3.05, 3.63) is 63.9 Å². The number of hydrogen-bond donors (Lipinski definition) is 1. The molecule has 0 amide bonds. The molecule has 0 saturated carbocycles. The van der Waals surface area contributed by atoms with Gasteiger partial charge >= 0.3 is 0 Å². The van der Waals surface area contributed by atoms with Gasteiger partial charge in [-0.1, -0.05) is 28.1 Å². The van der Waals surface area contributed by atoms with Crippen LogP contribution in [0.25, 0.3) is 0 Å². The molecular formula is C16H18BrFN2. The third kappa shape index (κ3) is 3.81. The van der Waals surface area contributed by atoms with E-state index in [0.29, 0.717) is 0 Å². The number of hydrogen-bond acceptors (Lipinski definition) is 2. The highest BCUT2D eigenvalue weighted by atomic mass is 79.9. The number of rotatable bonds is 5. The lowest BCUT2D eigenvalue weighted by molar-refractivity contribution is 0.627. The molecule has 0 unspecified atom stereocenters. The van der Waals surface area contributed by atoms with Crippen LogP contribution in [0.4, 0.5) is 10.1 Å². The van der Waals surface area contributed by atoms with Crippen LogP contribution in [0, 0.1) is 5.82 Å². The van der Waals surface area contributed by atoms with Crippen molar-refractivity contribution in [2.45, 2.75) is 13.1 Å². The SMILES string of the molecule is CNCc1cc(Br)ccc1N(C)Cc1ccc(F)cc1. The van der Waals surface area contributed by atoms with Gasteiger partial charge in [0.1, 0.15) is 5.82 Å². The summed E-state index contributed by atoms with van der Waals surface area (Å²) >= 11 is 3.50. The molecule has 0 fully saturated rings. The van der Waals surface area contributed by atoms with E-state index in [0.717, 1.165) is 23.1 Å². The highest BCUT2D eigenvalue weighted by Crippen LogP contribution is 2.25. The number of nitrogens with zero attached hydrogens (tertiary/aromatic N) is 1. The van der Waals surface area contributed by atoms with Gasteiger partial charge in [-0.15, -0.1) is 0 Å². The maximum atomic E-state index is 12.9. The van der Waals surface area contributed by atoms with Gasteiger partial charge in [0.15, 0.2) is 0 Å². The Bertz CT molecular complexity index is 569. The highest BCUT2D eigenvalue weighted by molar-refractivity contribution is 9.10. The Morgan fingerprint density at radius 2 is 1.85 bits per heavy atom. The van der Waals surface area contributed by atoms with Crippen molar-refractivity contribution in [2.75, 3.05) is 19.0 Å². The lowest BCUT2D eigenvalue weighted by Gasteiger charge is -2.23. The third-order valence-corrected chi connectivity index (χ3v) is 3.65. The standard InChI is InChI=1S/C16H18BrFN2/c1-19-10-13-9-14(17)5-8-16(13)20(2)11-12-3-6-15(18)7-4-12/h3-9,19H,10-11H2,1-2H3. The van der Waals surface area contributed by atoms with Gasteiger partial charge in [0.05, 0.1) is 0 Å². The van der Waals surface area contributed by atoms with Gasteiger partial charge < -0.3 is 10.2 Å². The molecule has 1 N–H and O–H groups in total. The van der Waals surface area contributed by atoms with Crippen molar-refractivity contribution >= 4 is 21.6 Å². The second kappa shape index (κ2) is 6.86. The molecular weight excluding hydrogens is 319 g/mol. The van der Waals surface area contributed by atoms with Gasteiger partial charge in [-0.2, -0.15) is 0 Å². The van der Waals surface area contributed by atoms with Crippen LogP contribution in [-0.4, -0.2) is 14.1 Å². The van der Waals surface area contributed by atoms with E-state index in [1.807, 2.05) is 32.3 Å².